The molecule has 3 rings (SSSR count). The molecule has 2 amide bonds. The van der Waals surface area contributed by atoms with Crippen molar-refractivity contribution >= 4 is 11.8 Å². The van der Waals surface area contributed by atoms with E-state index in [4.69, 9.17) is 0 Å². The van der Waals surface area contributed by atoms with Crippen LogP contribution in [0.4, 0.5) is 0 Å². The van der Waals surface area contributed by atoms with Crippen LogP contribution in [0.25, 0.3) is 0 Å². The molecule has 0 aromatic heterocycles. The Kier molecular flexibility index (Phi) is 8.11. The molecule has 172 valence electrons. The first-order valence-electron chi connectivity index (χ1n) is 11.9. The molecule has 1 saturated heterocycles. The lowest BCUT2D eigenvalue weighted by Crippen LogP contribution is -2.46. The molecule has 0 saturated carbocycles. The monoisotopic (exact) mass is 428 g/mol. The maximum Gasteiger partial charge on any atom is 0.234 e. The van der Waals surface area contributed by atoms with Crippen LogP contribution in [0.2, 0.25) is 0 Å². The molecule has 31 heavy (non-hydrogen) atoms. The van der Waals surface area contributed by atoms with Gasteiger partial charge in [-0.2, -0.15) is 0 Å². The van der Waals surface area contributed by atoms with Gasteiger partial charge in [-0.1, -0.05) is 18.2 Å². The molecule has 6 nitrogen and oxygen atoms in total. The second-order valence-corrected chi connectivity index (χ2v) is 10.2. The Morgan fingerprint density at radius 1 is 0.903 bits per heavy atom. The highest BCUT2D eigenvalue weighted by Crippen LogP contribution is 2.24. The fourth-order valence-corrected chi connectivity index (χ4v) is 4.60. The second-order valence-electron chi connectivity index (χ2n) is 10.2. The summed E-state index contributed by atoms with van der Waals surface area (Å²) >= 11 is 0. The molecular formula is C25H40N4O2. The molecule has 1 heterocycles. The van der Waals surface area contributed by atoms with Gasteiger partial charge < -0.3 is 10.6 Å². The Balaban J connectivity index is 1.44. The van der Waals surface area contributed by atoms with Gasteiger partial charge >= 0.3 is 0 Å². The minimum Gasteiger partial charge on any atom is -0.350 e. The molecule has 1 unspecified atom stereocenters. The minimum atomic E-state index is -0.207. The number of fused-ring (bicyclic) bond motifs is 1. The molecule has 0 spiro atoms. The number of carbonyl (C=O) groups excluding carboxylic acids is 2. The van der Waals surface area contributed by atoms with Gasteiger partial charge in [0.2, 0.25) is 11.8 Å². The van der Waals surface area contributed by atoms with Gasteiger partial charge in [-0.3, -0.25) is 19.4 Å². The topological polar surface area (TPSA) is 64.7 Å². The molecule has 2 aliphatic rings. The zero-order chi connectivity index (χ0) is 22.4. The van der Waals surface area contributed by atoms with Crippen molar-refractivity contribution in [1.29, 1.82) is 0 Å². The van der Waals surface area contributed by atoms with Gasteiger partial charge in [-0.05, 0) is 89.6 Å². The summed E-state index contributed by atoms with van der Waals surface area (Å²) in [5.41, 5.74) is 3.91. The predicted octanol–water partition coefficient (Wildman–Crippen LogP) is 2.67. The van der Waals surface area contributed by atoms with E-state index in [1.54, 1.807) is 0 Å². The summed E-state index contributed by atoms with van der Waals surface area (Å²) in [6.45, 7) is 12.3. The number of hydrogen-bond acceptors (Lipinski definition) is 4. The van der Waals surface area contributed by atoms with E-state index in [0.717, 1.165) is 39.0 Å². The first-order valence-corrected chi connectivity index (χ1v) is 11.9. The standard InChI is InChI=1S/C25H40N4O2/c1-19(21-11-10-20-8-5-6-9-22(20)16-21)26-23(30)17-28-12-7-13-29(15-14-28)18-24(31)27-25(2,3)4/h10-11,16,19H,5-9,12-15,17-18H2,1-4H3,(H,26,30)(H,27,31). The number of amides is 2. The van der Waals surface area contributed by atoms with E-state index < -0.39 is 0 Å². The van der Waals surface area contributed by atoms with Crippen molar-refractivity contribution in [3.8, 4) is 0 Å². The van der Waals surface area contributed by atoms with Gasteiger partial charge in [0.05, 0.1) is 19.1 Å². The summed E-state index contributed by atoms with van der Waals surface area (Å²) in [5, 5.41) is 6.21. The van der Waals surface area contributed by atoms with Crippen LogP contribution in [0.1, 0.15) is 69.7 Å². The zero-order valence-electron chi connectivity index (χ0n) is 19.8. The molecule has 2 N–H and O–H groups in total. The van der Waals surface area contributed by atoms with E-state index >= 15 is 0 Å². The predicted molar refractivity (Wildman–Crippen MR) is 125 cm³/mol. The van der Waals surface area contributed by atoms with Gasteiger partial charge in [0.1, 0.15) is 0 Å². The zero-order valence-corrected chi connectivity index (χ0v) is 19.8. The maximum absolute atomic E-state index is 12.7. The first kappa shape index (κ1) is 23.7. The summed E-state index contributed by atoms with van der Waals surface area (Å²) in [6.07, 6.45) is 5.85. The van der Waals surface area contributed by atoms with Crippen molar-refractivity contribution in [3.05, 3.63) is 34.9 Å². The van der Waals surface area contributed by atoms with E-state index in [9.17, 15) is 9.59 Å². The van der Waals surface area contributed by atoms with E-state index in [2.05, 4.69) is 45.6 Å². The summed E-state index contributed by atoms with van der Waals surface area (Å²) in [4.78, 5) is 29.3. The number of hydrogen-bond donors (Lipinski definition) is 2. The fraction of sp³-hybridized carbons (Fsp3) is 0.680. The largest absolute Gasteiger partial charge is 0.350 e. The smallest absolute Gasteiger partial charge is 0.234 e. The van der Waals surface area contributed by atoms with Crippen molar-refractivity contribution in [2.45, 2.75) is 71.4 Å². The highest BCUT2D eigenvalue weighted by atomic mass is 16.2. The molecule has 1 aliphatic carbocycles. The Morgan fingerprint density at radius 2 is 1.52 bits per heavy atom. The molecular weight excluding hydrogens is 388 g/mol. The Hall–Kier alpha value is -1.92. The van der Waals surface area contributed by atoms with Gasteiger partial charge in [0, 0.05) is 18.6 Å². The van der Waals surface area contributed by atoms with Crippen molar-refractivity contribution in [2.75, 3.05) is 39.3 Å². The molecule has 6 heteroatoms. The number of aryl methyl sites for hydroxylation is 2. The molecule has 1 aliphatic heterocycles. The van der Waals surface area contributed by atoms with Crippen LogP contribution >= 0.6 is 0 Å². The van der Waals surface area contributed by atoms with Gasteiger partial charge in [0.25, 0.3) is 0 Å². The highest BCUT2D eigenvalue weighted by molar-refractivity contribution is 5.79. The van der Waals surface area contributed by atoms with Crippen molar-refractivity contribution in [1.82, 2.24) is 20.4 Å². The average Bonchev–Trinajstić information content (AvgIpc) is 2.91. The first-order chi connectivity index (χ1) is 14.7. The van der Waals surface area contributed by atoms with Crippen LogP contribution in [-0.4, -0.2) is 66.4 Å². The summed E-state index contributed by atoms with van der Waals surface area (Å²) in [6, 6.07) is 6.71. The maximum atomic E-state index is 12.7. The lowest BCUT2D eigenvalue weighted by atomic mass is 9.89. The Bertz CT molecular complexity index is 771. The van der Waals surface area contributed by atoms with Gasteiger partial charge in [-0.25, -0.2) is 0 Å². The molecule has 1 atom stereocenters. The number of carbonyl (C=O) groups is 2. The SMILES string of the molecule is CC(NC(=O)CN1CCCN(CC(=O)NC(C)(C)C)CC1)c1ccc2c(c1)CCCC2. The van der Waals surface area contributed by atoms with Crippen LogP contribution in [0.5, 0.6) is 0 Å². The van der Waals surface area contributed by atoms with Crippen molar-refractivity contribution in [2.24, 2.45) is 0 Å². The van der Waals surface area contributed by atoms with Gasteiger partial charge in [0.15, 0.2) is 0 Å². The van der Waals surface area contributed by atoms with Crippen molar-refractivity contribution in [3.63, 3.8) is 0 Å². The third kappa shape index (κ3) is 7.62. The summed E-state index contributed by atoms with van der Waals surface area (Å²) in [5.74, 6) is 0.140. The lowest BCUT2D eigenvalue weighted by molar-refractivity contribution is -0.124. The van der Waals surface area contributed by atoms with Crippen LogP contribution in [0, 0.1) is 0 Å². The highest BCUT2D eigenvalue weighted by Gasteiger charge is 2.21. The van der Waals surface area contributed by atoms with E-state index in [1.807, 2.05) is 20.8 Å². The Morgan fingerprint density at radius 3 is 2.16 bits per heavy atom. The average molecular weight is 429 g/mol. The second kappa shape index (κ2) is 10.6. The third-order valence-electron chi connectivity index (χ3n) is 6.18. The molecule has 0 radical (unpaired) electrons. The van der Waals surface area contributed by atoms with E-state index in [1.165, 1.54) is 36.0 Å². The summed E-state index contributed by atoms with van der Waals surface area (Å²) in [7, 11) is 0. The van der Waals surface area contributed by atoms with Crippen LogP contribution in [-0.2, 0) is 22.4 Å². The molecule has 1 aromatic carbocycles. The number of nitrogens with zero attached hydrogens (tertiary/aromatic N) is 2. The van der Waals surface area contributed by atoms with E-state index in [-0.39, 0.29) is 23.4 Å². The fourth-order valence-electron chi connectivity index (χ4n) is 4.60. The summed E-state index contributed by atoms with van der Waals surface area (Å²) < 4.78 is 0. The third-order valence-corrected chi connectivity index (χ3v) is 6.18. The molecule has 1 fully saturated rings. The lowest BCUT2D eigenvalue weighted by Gasteiger charge is -2.25. The van der Waals surface area contributed by atoms with Crippen LogP contribution < -0.4 is 10.6 Å². The normalized spacial score (nSPS) is 19.2. The van der Waals surface area contributed by atoms with Gasteiger partial charge in [-0.15, -0.1) is 0 Å². The molecule has 0 bridgehead atoms. The number of rotatable bonds is 6. The minimum absolute atomic E-state index is 0.0179. The van der Waals surface area contributed by atoms with Crippen LogP contribution in [0.3, 0.4) is 0 Å². The van der Waals surface area contributed by atoms with Crippen LogP contribution in [0.15, 0.2) is 18.2 Å². The van der Waals surface area contributed by atoms with E-state index in [0.29, 0.717) is 13.1 Å². The number of benzene rings is 1. The quantitative estimate of drug-likeness (QED) is 0.731. The van der Waals surface area contributed by atoms with Crippen molar-refractivity contribution < 1.29 is 9.59 Å². The Labute approximate surface area is 187 Å². The molecule has 1 aromatic rings. The number of nitrogens with one attached hydrogen (secondary N) is 2.